The van der Waals surface area contributed by atoms with E-state index in [1.807, 2.05) is 12.1 Å². The number of nitrogens with one attached hydrogen (secondary N) is 1. The summed E-state index contributed by atoms with van der Waals surface area (Å²) in [5.74, 6) is 0. The Morgan fingerprint density at radius 2 is 1.93 bits per heavy atom. The van der Waals surface area contributed by atoms with Gasteiger partial charge in [0.1, 0.15) is 0 Å². The van der Waals surface area contributed by atoms with Gasteiger partial charge in [-0.3, -0.25) is 9.78 Å². The first kappa shape index (κ1) is 9.90. The second-order valence-corrected chi connectivity index (χ2v) is 4.69. The van der Waals surface area contributed by atoms with Crippen molar-refractivity contribution in [1.82, 2.24) is 9.97 Å². The summed E-state index contributed by atoms with van der Waals surface area (Å²) in [5.41, 5.74) is 1.77. The average Bonchev–Trinajstić information content (AvgIpc) is 2.15. The molecule has 3 nitrogen and oxygen atoms in total. The summed E-state index contributed by atoms with van der Waals surface area (Å²) in [7, 11) is 0. The van der Waals surface area contributed by atoms with E-state index in [-0.39, 0.29) is 11.0 Å². The van der Waals surface area contributed by atoms with Crippen LogP contribution in [0.5, 0.6) is 0 Å². The molecule has 0 saturated carbocycles. The Bertz CT molecular complexity index is 549. The Balaban J connectivity index is 2.83. The van der Waals surface area contributed by atoms with Crippen molar-refractivity contribution < 1.29 is 0 Å². The molecule has 0 atom stereocenters. The lowest BCUT2D eigenvalue weighted by molar-refractivity contribution is 0.575. The topological polar surface area (TPSA) is 45.8 Å². The maximum atomic E-state index is 11.2. The van der Waals surface area contributed by atoms with Gasteiger partial charge in [0.15, 0.2) is 0 Å². The van der Waals surface area contributed by atoms with E-state index in [1.165, 1.54) is 0 Å². The number of hydrogen-bond donors (Lipinski definition) is 1. The van der Waals surface area contributed by atoms with Crippen molar-refractivity contribution in [2.45, 2.75) is 26.2 Å². The Morgan fingerprint density at radius 1 is 1.20 bits per heavy atom. The van der Waals surface area contributed by atoms with E-state index in [9.17, 15) is 4.79 Å². The minimum atomic E-state index is -0.0754. The molecule has 15 heavy (non-hydrogen) atoms. The zero-order chi connectivity index (χ0) is 11.1. The van der Waals surface area contributed by atoms with Gasteiger partial charge in [-0.1, -0.05) is 20.8 Å². The molecule has 0 saturated heterocycles. The fourth-order valence-corrected chi connectivity index (χ4v) is 1.68. The van der Waals surface area contributed by atoms with Crippen LogP contribution in [0.15, 0.2) is 29.2 Å². The maximum Gasteiger partial charge on any atom is 0.248 e. The van der Waals surface area contributed by atoms with Gasteiger partial charge in [-0.25, -0.2) is 0 Å². The Labute approximate surface area is 88.2 Å². The van der Waals surface area contributed by atoms with Crippen molar-refractivity contribution in [3.8, 4) is 0 Å². The number of aromatic nitrogens is 2. The van der Waals surface area contributed by atoms with Crippen LogP contribution in [0, 0.1) is 0 Å². The standard InChI is InChI=1S/C12H14N2O/c1-12(2,3)11-8-4-5-10(15)14-9(8)6-7-13-11/h4-7H,1-3H3,(H,14,15). The number of hydrogen-bond acceptors (Lipinski definition) is 2. The van der Waals surface area contributed by atoms with Gasteiger partial charge in [-0.2, -0.15) is 0 Å². The van der Waals surface area contributed by atoms with Gasteiger partial charge in [-0.05, 0) is 12.1 Å². The highest BCUT2D eigenvalue weighted by Gasteiger charge is 2.18. The highest BCUT2D eigenvalue weighted by Crippen LogP contribution is 2.25. The van der Waals surface area contributed by atoms with Crippen molar-refractivity contribution in [1.29, 1.82) is 0 Å². The van der Waals surface area contributed by atoms with Crippen LogP contribution in [0.2, 0.25) is 0 Å². The smallest absolute Gasteiger partial charge is 0.248 e. The van der Waals surface area contributed by atoms with E-state index in [1.54, 1.807) is 12.3 Å². The molecule has 2 aromatic heterocycles. The molecule has 2 rings (SSSR count). The van der Waals surface area contributed by atoms with Crippen LogP contribution in [0.1, 0.15) is 26.5 Å². The normalized spacial score (nSPS) is 11.9. The highest BCUT2D eigenvalue weighted by atomic mass is 16.1. The van der Waals surface area contributed by atoms with Gasteiger partial charge in [0.25, 0.3) is 0 Å². The average molecular weight is 202 g/mol. The van der Waals surface area contributed by atoms with Crippen LogP contribution in [0.3, 0.4) is 0 Å². The number of rotatable bonds is 0. The second kappa shape index (κ2) is 3.19. The van der Waals surface area contributed by atoms with E-state index in [0.29, 0.717) is 0 Å². The molecule has 0 aliphatic carbocycles. The van der Waals surface area contributed by atoms with E-state index in [0.717, 1.165) is 16.6 Å². The summed E-state index contributed by atoms with van der Waals surface area (Å²) < 4.78 is 0. The third-order valence-corrected chi connectivity index (χ3v) is 2.36. The highest BCUT2D eigenvalue weighted by molar-refractivity contribution is 5.81. The van der Waals surface area contributed by atoms with Gasteiger partial charge in [-0.15, -0.1) is 0 Å². The molecule has 1 N–H and O–H groups in total. The molecule has 0 spiro atoms. The van der Waals surface area contributed by atoms with E-state index in [2.05, 4.69) is 30.7 Å². The number of fused-ring (bicyclic) bond motifs is 1. The van der Waals surface area contributed by atoms with Crippen molar-refractivity contribution in [3.63, 3.8) is 0 Å². The molecule has 0 aliphatic rings. The summed E-state index contributed by atoms with van der Waals surface area (Å²) >= 11 is 0. The molecule has 0 bridgehead atoms. The van der Waals surface area contributed by atoms with Crippen LogP contribution in [-0.2, 0) is 5.41 Å². The Hall–Kier alpha value is -1.64. The van der Waals surface area contributed by atoms with Gasteiger partial charge in [0, 0.05) is 23.1 Å². The molecule has 0 aromatic carbocycles. The van der Waals surface area contributed by atoms with Crippen molar-refractivity contribution in [2.75, 3.05) is 0 Å². The van der Waals surface area contributed by atoms with Gasteiger partial charge in [0.2, 0.25) is 5.56 Å². The summed E-state index contributed by atoms with van der Waals surface area (Å²) in [6.45, 7) is 6.33. The van der Waals surface area contributed by atoms with Crippen LogP contribution in [0.25, 0.3) is 10.9 Å². The third-order valence-electron chi connectivity index (χ3n) is 2.36. The first-order valence-corrected chi connectivity index (χ1v) is 4.97. The fraction of sp³-hybridized carbons (Fsp3) is 0.333. The minimum absolute atomic E-state index is 0.0161. The lowest BCUT2D eigenvalue weighted by Crippen LogP contribution is -2.15. The van der Waals surface area contributed by atoms with Crippen LogP contribution < -0.4 is 5.56 Å². The summed E-state index contributed by atoms with van der Waals surface area (Å²) in [4.78, 5) is 18.4. The van der Waals surface area contributed by atoms with Crippen molar-refractivity contribution in [2.24, 2.45) is 0 Å². The number of nitrogens with zero attached hydrogens (tertiary/aromatic N) is 1. The molecule has 2 aromatic rings. The molecule has 2 heterocycles. The molecule has 0 aliphatic heterocycles. The predicted octanol–water partition coefficient (Wildman–Crippen LogP) is 2.22. The summed E-state index contributed by atoms with van der Waals surface area (Å²) in [5, 5.41) is 1.02. The first-order valence-electron chi connectivity index (χ1n) is 4.97. The second-order valence-electron chi connectivity index (χ2n) is 4.69. The van der Waals surface area contributed by atoms with Crippen molar-refractivity contribution >= 4 is 10.9 Å². The molecule has 78 valence electrons. The lowest BCUT2D eigenvalue weighted by atomic mass is 9.89. The molecule has 3 heteroatoms. The van der Waals surface area contributed by atoms with Crippen LogP contribution in [0.4, 0.5) is 0 Å². The molecule has 0 unspecified atom stereocenters. The van der Waals surface area contributed by atoms with E-state index in [4.69, 9.17) is 0 Å². The van der Waals surface area contributed by atoms with Crippen LogP contribution in [-0.4, -0.2) is 9.97 Å². The summed E-state index contributed by atoms with van der Waals surface area (Å²) in [6, 6.07) is 5.20. The quantitative estimate of drug-likeness (QED) is 0.712. The fourth-order valence-electron chi connectivity index (χ4n) is 1.68. The molecule has 0 amide bonds. The van der Waals surface area contributed by atoms with Gasteiger partial charge >= 0.3 is 0 Å². The van der Waals surface area contributed by atoms with E-state index >= 15 is 0 Å². The Morgan fingerprint density at radius 3 is 2.60 bits per heavy atom. The minimum Gasteiger partial charge on any atom is -0.322 e. The number of H-pyrrole nitrogens is 1. The van der Waals surface area contributed by atoms with Crippen LogP contribution >= 0.6 is 0 Å². The molecule has 0 radical (unpaired) electrons. The van der Waals surface area contributed by atoms with Gasteiger partial charge in [0.05, 0.1) is 11.2 Å². The molecular weight excluding hydrogens is 188 g/mol. The molecule has 0 fully saturated rings. The Kier molecular flexibility index (Phi) is 2.11. The SMILES string of the molecule is CC(C)(C)c1nccc2[nH]c(=O)ccc12. The zero-order valence-electron chi connectivity index (χ0n) is 9.16. The lowest BCUT2D eigenvalue weighted by Gasteiger charge is -2.19. The largest absolute Gasteiger partial charge is 0.322 e. The first-order chi connectivity index (χ1) is 6.98. The van der Waals surface area contributed by atoms with E-state index < -0.39 is 0 Å². The predicted molar refractivity (Wildman–Crippen MR) is 61.1 cm³/mol. The zero-order valence-corrected chi connectivity index (χ0v) is 9.16. The van der Waals surface area contributed by atoms with Gasteiger partial charge < -0.3 is 4.98 Å². The third kappa shape index (κ3) is 1.77. The maximum absolute atomic E-state index is 11.2. The summed E-state index contributed by atoms with van der Waals surface area (Å²) in [6.07, 6.45) is 1.73. The van der Waals surface area contributed by atoms with Crippen molar-refractivity contribution in [3.05, 3.63) is 40.4 Å². The monoisotopic (exact) mass is 202 g/mol. The number of pyridine rings is 2. The number of aromatic amines is 1. The molecular formula is C12H14N2O.